The Morgan fingerprint density at radius 3 is 2.61 bits per heavy atom. The summed E-state index contributed by atoms with van der Waals surface area (Å²) in [6, 6.07) is 10.5. The molecule has 0 radical (unpaired) electrons. The highest BCUT2D eigenvalue weighted by atomic mass is 79.9. The highest BCUT2D eigenvalue weighted by molar-refractivity contribution is 9.10. The molecular weight excluding hydrogens is 676 g/mol. The van der Waals surface area contributed by atoms with Gasteiger partial charge in [0, 0.05) is 16.1 Å². The molecule has 1 atom stereocenters. The number of hydrogen-bond donors (Lipinski definition) is 1. The van der Waals surface area contributed by atoms with Gasteiger partial charge >= 0.3 is 11.9 Å². The molecule has 0 unspecified atom stereocenters. The molecule has 0 fully saturated rings. The maximum Gasteiger partial charge on any atom is 0.338 e. The molecule has 228 valence electrons. The average Bonchev–Trinajstić information content (AvgIpc) is 3.57. The lowest BCUT2D eigenvalue weighted by Crippen LogP contribution is -2.40. The zero-order chi connectivity index (χ0) is 31.7. The minimum absolute atomic E-state index is 0.0553. The fourth-order valence-corrected chi connectivity index (χ4v) is 6.60. The predicted molar refractivity (Wildman–Crippen MR) is 168 cm³/mol. The van der Waals surface area contributed by atoms with Crippen LogP contribution in [0.3, 0.4) is 0 Å². The summed E-state index contributed by atoms with van der Waals surface area (Å²) in [5.74, 6) is -0.0610. The first-order chi connectivity index (χ1) is 21.1. The van der Waals surface area contributed by atoms with Crippen LogP contribution in [0.1, 0.15) is 48.5 Å². The van der Waals surface area contributed by atoms with Crippen LogP contribution in [0.25, 0.3) is 17.4 Å². The van der Waals surface area contributed by atoms with Crippen molar-refractivity contribution in [2.75, 3.05) is 20.3 Å². The first-order valence-electron chi connectivity index (χ1n) is 13.4. The first-order valence-corrected chi connectivity index (χ1v) is 15.4. The van der Waals surface area contributed by atoms with E-state index in [4.69, 9.17) is 30.2 Å². The van der Waals surface area contributed by atoms with Crippen molar-refractivity contribution in [2.24, 2.45) is 4.99 Å². The summed E-state index contributed by atoms with van der Waals surface area (Å²) in [5.41, 5.74) is 1.27. The monoisotopic (exact) mass is 700 g/mol. The number of hydrogen-bond acceptors (Lipinski definition) is 9. The van der Waals surface area contributed by atoms with Crippen molar-refractivity contribution in [1.82, 2.24) is 4.57 Å². The van der Waals surface area contributed by atoms with Crippen molar-refractivity contribution in [3.63, 3.8) is 0 Å². The second-order valence-electron chi connectivity index (χ2n) is 9.46. The predicted octanol–water partition coefficient (Wildman–Crippen LogP) is 5.58. The molecular formula is C31H26BrClN2O8S. The molecule has 5 rings (SSSR count). The molecule has 0 aliphatic carbocycles. The summed E-state index contributed by atoms with van der Waals surface area (Å²) in [6.07, 6.45) is 1.58. The third-order valence-electron chi connectivity index (χ3n) is 6.78. The highest BCUT2D eigenvalue weighted by Crippen LogP contribution is 2.41. The number of aromatic nitrogens is 1. The van der Waals surface area contributed by atoms with Gasteiger partial charge in [-0.05, 0) is 68.8 Å². The van der Waals surface area contributed by atoms with E-state index >= 15 is 0 Å². The van der Waals surface area contributed by atoms with Crippen molar-refractivity contribution < 1.29 is 33.3 Å². The van der Waals surface area contributed by atoms with Gasteiger partial charge in [-0.2, -0.15) is 0 Å². The van der Waals surface area contributed by atoms with Crippen molar-refractivity contribution in [3.8, 4) is 22.8 Å². The number of carbonyl (C=O) groups is 2. The molecule has 0 saturated heterocycles. The number of aromatic carboxylic acids is 1. The molecule has 0 bridgehead atoms. The number of rotatable bonds is 9. The van der Waals surface area contributed by atoms with E-state index in [-0.39, 0.29) is 22.8 Å². The highest BCUT2D eigenvalue weighted by Gasteiger charge is 2.35. The molecule has 0 amide bonds. The van der Waals surface area contributed by atoms with Gasteiger partial charge in [0.05, 0.1) is 52.8 Å². The van der Waals surface area contributed by atoms with Crippen LogP contribution in [0.4, 0.5) is 0 Å². The van der Waals surface area contributed by atoms with Crippen LogP contribution in [0.15, 0.2) is 72.4 Å². The van der Waals surface area contributed by atoms with E-state index in [1.165, 1.54) is 23.8 Å². The Morgan fingerprint density at radius 1 is 1.16 bits per heavy atom. The van der Waals surface area contributed by atoms with Crippen molar-refractivity contribution >= 4 is 56.9 Å². The quantitative estimate of drug-likeness (QED) is 0.224. The van der Waals surface area contributed by atoms with Crippen molar-refractivity contribution in [1.29, 1.82) is 0 Å². The zero-order valence-electron chi connectivity index (χ0n) is 24.0. The van der Waals surface area contributed by atoms with E-state index < -0.39 is 23.5 Å². The van der Waals surface area contributed by atoms with Crippen LogP contribution in [0.5, 0.6) is 11.5 Å². The smallest absolute Gasteiger partial charge is 0.338 e. The number of allylic oxidation sites excluding steroid dienone is 1. The van der Waals surface area contributed by atoms with Crippen LogP contribution < -0.4 is 24.4 Å². The van der Waals surface area contributed by atoms with E-state index in [1.807, 2.05) is 6.92 Å². The molecule has 1 aliphatic heterocycles. The number of ether oxygens (including phenoxy) is 3. The summed E-state index contributed by atoms with van der Waals surface area (Å²) >= 11 is 10.8. The summed E-state index contributed by atoms with van der Waals surface area (Å²) in [6.45, 7) is 5.82. The Balaban J connectivity index is 1.66. The van der Waals surface area contributed by atoms with E-state index in [0.29, 0.717) is 60.3 Å². The van der Waals surface area contributed by atoms with Crippen LogP contribution in [-0.4, -0.2) is 41.9 Å². The average molecular weight is 702 g/mol. The number of halogens is 2. The van der Waals surface area contributed by atoms with Gasteiger partial charge in [-0.1, -0.05) is 38.9 Å². The van der Waals surface area contributed by atoms with Crippen LogP contribution in [0, 0.1) is 0 Å². The number of carboxylic acid groups (broad SMARTS) is 1. The number of benzene rings is 2. The normalized spacial score (nSPS) is 14.7. The number of nitrogens with zero attached hydrogens (tertiary/aromatic N) is 2. The number of fused-ring (bicyclic) bond motifs is 1. The Bertz CT molecular complexity index is 2010. The number of carbonyl (C=O) groups excluding carboxylic acids is 1. The van der Waals surface area contributed by atoms with Gasteiger partial charge in [-0.25, -0.2) is 14.6 Å². The van der Waals surface area contributed by atoms with Gasteiger partial charge < -0.3 is 23.7 Å². The third kappa shape index (κ3) is 5.84. The summed E-state index contributed by atoms with van der Waals surface area (Å²) in [4.78, 5) is 43.8. The lowest BCUT2D eigenvalue weighted by atomic mass is 9.95. The Hall–Kier alpha value is -4.13. The maximum atomic E-state index is 14.0. The number of furan rings is 1. The Morgan fingerprint density at radius 2 is 1.93 bits per heavy atom. The second-order valence-corrected chi connectivity index (χ2v) is 11.7. The lowest BCUT2D eigenvalue weighted by Gasteiger charge is -2.26. The maximum absolute atomic E-state index is 14.0. The summed E-state index contributed by atoms with van der Waals surface area (Å²) < 4.78 is 25.0. The van der Waals surface area contributed by atoms with E-state index in [9.17, 15) is 19.5 Å². The SMILES string of the molecule is CCOC(=O)C1=C(C)N=c2s/c(=C/c3ccc(-c4ccc(Cl)c(C(=O)O)c4)o3)c(=O)n2[C@H]1c1cc(OC)c(OCC)cc1Br. The molecule has 0 spiro atoms. The minimum Gasteiger partial charge on any atom is -0.493 e. The van der Waals surface area contributed by atoms with Gasteiger partial charge in [0.2, 0.25) is 0 Å². The standard InChI is InChI=1S/C31H26BrClN2O8S/c1-5-41-24-14-20(32)18(13-23(24)40-4)27-26(30(39)42-6-2)15(3)34-31-35(27)28(36)25(44-31)12-17-8-10-22(43-17)16-7-9-21(33)19(11-16)29(37)38/h7-14,27H,5-6H2,1-4H3,(H,37,38)/b25-12+/t27-/m0/s1. The number of esters is 1. The fraction of sp³-hybridized carbons (Fsp3) is 0.226. The minimum atomic E-state index is -1.16. The zero-order valence-corrected chi connectivity index (χ0v) is 27.1. The van der Waals surface area contributed by atoms with E-state index in [2.05, 4.69) is 20.9 Å². The molecule has 10 nitrogen and oxygen atoms in total. The second kappa shape index (κ2) is 12.8. The van der Waals surface area contributed by atoms with Crippen LogP contribution in [-0.2, 0) is 9.53 Å². The van der Waals surface area contributed by atoms with E-state index in [0.717, 1.165) is 11.3 Å². The molecule has 1 aliphatic rings. The number of thiazole rings is 1. The topological polar surface area (TPSA) is 130 Å². The van der Waals surface area contributed by atoms with Crippen molar-refractivity contribution in [3.05, 3.63) is 99.8 Å². The van der Waals surface area contributed by atoms with Gasteiger partial charge in [-0.3, -0.25) is 9.36 Å². The molecule has 3 heterocycles. The van der Waals surface area contributed by atoms with Crippen LogP contribution in [0.2, 0.25) is 5.02 Å². The van der Waals surface area contributed by atoms with Crippen molar-refractivity contribution in [2.45, 2.75) is 26.8 Å². The van der Waals surface area contributed by atoms with Gasteiger partial charge in [0.15, 0.2) is 16.3 Å². The molecule has 44 heavy (non-hydrogen) atoms. The summed E-state index contributed by atoms with van der Waals surface area (Å²) in [5, 5.41) is 9.53. The van der Waals surface area contributed by atoms with Gasteiger partial charge in [0.1, 0.15) is 11.5 Å². The van der Waals surface area contributed by atoms with Gasteiger partial charge in [-0.15, -0.1) is 0 Å². The Kier molecular flexibility index (Phi) is 9.14. The Labute approximate surface area is 268 Å². The number of methoxy groups -OCH3 is 1. The molecule has 1 N–H and O–H groups in total. The number of carboxylic acids is 1. The third-order valence-corrected chi connectivity index (χ3v) is 8.78. The molecule has 2 aromatic carbocycles. The molecule has 4 aromatic rings. The molecule has 2 aromatic heterocycles. The lowest BCUT2D eigenvalue weighted by molar-refractivity contribution is -0.139. The van der Waals surface area contributed by atoms with E-state index in [1.54, 1.807) is 50.3 Å². The fourth-order valence-electron chi connectivity index (χ4n) is 4.83. The molecule has 13 heteroatoms. The summed E-state index contributed by atoms with van der Waals surface area (Å²) in [7, 11) is 1.51. The largest absolute Gasteiger partial charge is 0.493 e. The molecule has 0 saturated carbocycles. The van der Waals surface area contributed by atoms with Crippen LogP contribution >= 0.6 is 38.9 Å². The first kappa shape index (κ1) is 31.3. The van der Waals surface area contributed by atoms with Gasteiger partial charge in [0.25, 0.3) is 5.56 Å².